The van der Waals surface area contributed by atoms with Crippen LogP contribution < -0.4 is 20.9 Å². The fourth-order valence-corrected chi connectivity index (χ4v) is 7.30. The van der Waals surface area contributed by atoms with Crippen LogP contribution in [-0.4, -0.2) is 115 Å². The molecule has 2 aromatic heterocycles. The summed E-state index contributed by atoms with van der Waals surface area (Å²) in [5.74, 6) is -1.55. The average Bonchev–Trinajstić information content (AvgIpc) is 3.77. The van der Waals surface area contributed by atoms with Crippen LogP contribution in [0.2, 0.25) is 0 Å². The van der Waals surface area contributed by atoms with Crippen molar-refractivity contribution in [2.24, 2.45) is 0 Å². The Balaban J connectivity index is 1.27. The monoisotopic (exact) mass is 700 g/mol. The molecule has 4 amide bonds. The number of thiazole rings is 1. The zero-order chi connectivity index (χ0) is 35.0. The standard InChI is InChI=1S/C36H44N8O5S/c1-24-33(46)41-30(18-25-8-4-3-5-9-25)34(47)37-12-13-43(22-27-21-39-36(50-27)44-14-16-49-17-15-44)23-32(45)40-31(35(48)42(24)2)19-26-20-38-29-11-7-6-10-28(26)29/h3-11,20-21,24,30-31,38H,12-19,22-23H2,1-2H3,(H,37,47)(H,40,45)(H,41,46)/t24-,30-,31-/m0/s1. The molecule has 13 nitrogen and oxygen atoms in total. The van der Waals surface area contributed by atoms with E-state index in [0.717, 1.165) is 45.1 Å². The summed E-state index contributed by atoms with van der Waals surface area (Å²) in [6, 6.07) is 14.5. The van der Waals surface area contributed by atoms with E-state index in [4.69, 9.17) is 4.74 Å². The van der Waals surface area contributed by atoms with Crippen LogP contribution in [0.4, 0.5) is 5.13 Å². The van der Waals surface area contributed by atoms with E-state index in [2.05, 4.69) is 30.8 Å². The zero-order valence-electron chi connectivity index (χ0n) is 28.4. The van der Waals surface area contributed by atoms with E-state index in [1.165, 1.54) is 4.90 Å². The van der Waals surface area contributed by atoms with Crippen molar-refractivity contribution in [3.8, 4) is 0 Å². The second kappa shape index (κ2) is 16.3. The summed E-state index contributed by atoms with van der Waals surface area (Å²) in [4.78, 5) is 69.4. The van der Waals surface area contributed by atoms with Gasteiger partial charge in [0.25, 0.3) is 0 Å². The molecule has 2 aromatic carbocycles. The first-order valence-electron chi connectivity index (χ1n) is 17.0. The summed E-state index contributed by atoms with van der Waals surface area (Å²) in [5, 5.41) is 10.7. The van der Waals surface area contributed by atoms with Crippen molar-refractivity contribution in [1.29, 1.82) is 0 Å². The zero-order valence-corrected chi connectivity index (χ0v) is 29.2. The number of hydrogen-bond donors (Lipinski definition) is 4. The Morgan fingerprint density at radius 3 is 2.46 bits per heavy atom. The first-order valence-corrected chi connectivity index (χ1v) is 17.8. The van der Waals surface area contributed by atoms with E-state index in [-0.39, 0.29) is 37.7 Å². The number of nitrogens with zero attached hydrogens (tertiary/aromatic N) is 4. The summed E-state index contributed by atoms with van der Waals surface area (Å²) < 4.78 is 5.49. The largest absolute Gasteiger partial charge is 0.378 e. The summed E-state index contributed by atoms with van der Waals surface area (Å²) >= 11 is 1.57. The van der Waals surface area contributed by atoms with E-state index in [9.17, 15) is 19.2 Å². The molecule has 4 N–H and O–H groups in total. The maximum atomic E-state index is 14.1. The summed E-state index contributed by atoms with van der Waals surface area (Å²) in [6.07, 6.45) is 4.18. The summed E-state index contributed by atoms with van der Waals surface area (Å²) in [6.45, 7) is 5.47. The summed E-state index contributed by atoms with van der Waals surface area (Å²) in [7, 11) is 1.55. The lowest BCUT2D eigenvalue weighted by Gasteiger charge is -2.30. The molecule has 0 bridgehead atoms. The highest BCUT2D eigenvalue weighted by molar-refractivity contribution is 7.15. The highest BCUT2D eigenvalue weighted by Crippen LogP contribution is 2.25. The van der Waals surface area contributed by atoms with Gasteiger partial charge in [-0.2, -0.15) is 0 Å². The third kappa shape index (κ3) is 8.67. The van der Waals surface area contributed by atoms with Gasteiger partial charge >= 0.3 is 0 Å². The second-order valence-corrected chi connectivity index (χ2v) is 13.9. The predicted octanol–water partition coefficient (Wildman–Crippen LogP) is 1.69. The third-order valence-corrected chi connectivity index (χ3v) is 10.3. The fraction of sp³-hybridized carbons (Fsp3) is 0.417. The van der Waals surface area contributed by atoms with Crippen LogP contribution in [0, 0.1) is 0 Å². The Labute approximate surface area is 295 Å². The molecule has 0 unspecified atom stereocenters. The number of hydrogen-bond acceptors (Lipinski definition) is 9. The Morgan fingerprint density at radius 2 is 1.66 bits per heavy atom. The van der Waals surface area contributed by atoms with Crippen LogP contribution in [0.5, 0.6) is 0 Å². The summed E-state index contributed by atoms with van der Waals surface area (Å²) in [5.41, 5.74) is 2.69. The third-order valence-electron chi connectivity index (χ3n) is 9.25. The normalized spacial score (nSPS) is 22.1. The lowest BCUT2D eigenvalue weighted by molar-refractivity contribution is -0.142. The van der Waals surface area contributed by atoms with Crippen LogP contribution in [0.25, 0.3) is 10.9 Å². The second-order valence-electron chi connectivity index (χ2n) is 12.8. The molecule has 0 radical (unpaired) electrons. The number of rotatable bonds is 7. The molecule has 3 atom stereocenters. The predicted molar refractivity (Wildman–Crippen MR) is 192 cm³/mol. The minimum atomic E-state index is -0.940. The minimum absolute atomic E-state index is 0.0117. The van der Waals surface area contributed by atoms with Crippen molar-refractivity contribution < 1.29 is 23.9 Å². The number of para-hydroxylation sites is 1. The molecular weight excluding hydrogens is 657 g/mol. The molecular formula is C36H44N8O5S. The van der Waals surface area contributed by atoms with Gasteiger partial charge in [0.2, 0.25) is 23.6 Å². The van der Waals surface area contributed by atoms with Crippen LogP contribution in [-0.2, 0) is 43.3 Å². The molecule has 2 saturated heterocycles. The molecule has 14 heteroatoms. The number of aromatic amines is 1. The van der Waals surface area contributed by atoms with E-state index >= 15 is 0 Å². The van der Waals surface area contributed by atoms with Crippen molar-refractivity contribution in [3.63, 3.8) is 0 Å². The number of ether oxygens (including phenoxy) is 1. The number of H-pyrrole nitrogens is 1. The number of benzene rings is 2. The first kappa shape index (κ1) is 35.1. The Morgan fingerprint density at radius 1 is 0.900 bits per heavy atom. The van der Waals surface area contributed by atoms with Gasteiger partial charge in [-0.1, -0.05) is 48.5 Å². The smallest absolute Gasteiger partial charge is 0.245 e. The Bertz CT molecular complexity index is 1790. The topological polar surface area (TPSA) is 152 Å². The lowest BCUT2D eigenvalue weighted by Crippen LogP contribution is -2.57. The van der Waals surface area contributed by atoms with Gasteiger partial charge in [0.05, 0.1) is 19.8 Å². The molecule has 2 aliphatic rings. The van der Waals surface area contributed by atoms with Gasteiger partial charge in [-0.15, -0.1) is 11.3 Å². The lowest BCUT2D eigenvalue weighted by atomic mass is 10.0. The molecule has 0 aliphatic carbocycles. The van der Waals surface area contributed by atoms with E-state index in [0.29, 0.717) is 26.3 Å². The van der Waals surface area contributed by atoms with Gasteiger partial charge in [-0.05, 0) is 24.1 Å². The van der Waals surface area contributed by atoms with Crippen LogP contribution in [0.15, 0.2) is 67.0 Å². The molecule has 4 aromatic rings. The number of aromatic nitrogens is 2. The van der Waals surface area contributed by atoms with Crippen molar-refractivity contribution in [3.05, 3.63) is 83.0 Å². The highest BCUT2D eigenvalue weighted by atomic mass is 32.1. The minimum Gasteiger partial charge on any atom is -0.378 e. The van der Waals surface area contributed by atoms with Crippen molar-refractivity contribution in [1.82, 2.24) is 35.7 Å². The number of anilines is 1. The average molecular weight is 701 g/mol. The maximum Gasteiger partial charge on any atom is 0.245 e. The molecule has 2 aliphatic heterocycles. The molecule has 6 rings (SSSR count). The number of nitrogens with one attached hydrogen (secondary N) is 4. The molecule has 50 heavy (non-hydrogen) atoms. The molecule has 4 heterocycles. The van der Waals surface area contributed by atoms with Crippen LogP contribution in [0.3, 0.4) is 0 Å². The molecule has 0 saturated carbocycles. The SMILES string of the molecule is C[C@H]1C(=O)N[C@@H](Cc2ccccc2)C(=O)NCCN(Cc2cnc(N3CCOCC3)s2)CC(=O)N[C@@H](Cc2c[nH]c3ccccc23)C(=O)N1C. The van der Waals surface area contributed by atoms with Crippen LogP contribution >= 0.6 is 11.3 Å². The van der Waals surface area contributed by atoms with Gasteiger partial charge in [0, 0.05) is 80.8 Å². The Hall–Kier alpha value is -4.79. The number of amides is 4. The van der Waals surface area contributed by atoms with Gasteiger partial charge < -0.3 is 35.5 Å². The van der Waals surface area contributed by atoms with Crippen molar-refractivity contribution in [2.45, 2.75) is 44.4 Å². The number of carbonyl (C=O) groups is 4. The van der Waals surface area contributed by atoms with Crippen molar-refractivity contribution >= 4 is 51.0 Å². The maximum absolute atomic E-state index is 14.1. The number of likely N-dealkylation sites (N-methyl/N-ethyl adjacent to an activating group) is 1. The highest BCUT2D eigenvalue weighted by Gasteiger charge is 2.33. The van der Waals surface area contributed by atoms with Gasteiger partial charge in [0.15, 0.2) is 5.13 Å². The van der Waals surface area contributed by atoms with Crippen LogP contribution in [0.1, 0.15) is 22.9 Å². The quantitative estimate of drug-likeness (QED) is 0.228. The molecule has 2 fully saturated rings. The fourth-order valence-electron chi connectivity index (χ4n) is 6.29. The van der Waals surface area contributed by atoms with Gasteiger partial charge in [0.1, 0.15) is 18.1 Å². The molecule has 0 spiro atoms. The van der Waals surface area contributed by atoms with Gasteiger partial charge in [-0.25, -0.2) is 4.98 Å². The van der Waals surface area contributed by atoms with E-state index < -0.39 is 29.9 Å². The first-order chi connectivity index (χ1) is 24.2. The number of carbonyl (C=O) groups excluding carboxylic acids is 4. The Kier molecular flexibility index (Phi) is 11.4. The van der Waals surface area contributed by atoms with Gasteiger partial charge in [-0.3, -0.25) is 24.1 Å². The van der Waals surface area contributed by atoms with E-state index in [1.54, 1.807) is 25.3 Å². The number of fused-ring (bicyclic) bond motifs is 1. The van der Waals surface area contributed by atoms with E-state index in [1.807, 2.05) is 71.9 Å². The number of morpholine rings is 1. The van der Waals surface area contributed by atoms with Crippen molar-refractivity contribution in [2.75, 3.05) is 57.9 Å². The molecule has 264 valence electrons.